The fraction of sp³-hybridized carbons (Fsp3) is 0.273. The van der Waals surface area contributed by atoms with E-state index in [2.05, 4.69) is 9.72 Å². The Kier molecular flexibility index (Phi) is 13.4. The van der Waals surface area contributed by atoms with Gasteiger partial charge in [0.25, 0.3) is 0 Å². The lowest BCUT2D eigenvalue weighted by atomic mass is 10.00. The lowest BCUT2D eigenvalue weighted by molar-refractivity contribution is 0.112. The molecule has 0 saturated carbocycles. The number of methoxy groups -OCH3 is 2. The van der Waals surface area contributed by atoms with Crippen LogP contribution in [0.5, 0.6) is 5.75 Å². The van der Waals surface area contributed by atoms with Gasteiger partial charge in [-0.25, -0.2) is 17.6 Å². The topological polar surface area (TPSA) is 48.4 Å². The Morgan fingerprint density at radius 2 is 1.57 bits per heavy atom. The molecule has 0 atom stereocenters. The van der Waals surface area contributed by atoms with Gasteiger partial charge in [-0.2, -0.15) is 0 Å². The first-order valence-electron chi connectivity index (χ1n) is 8.86. The molecule has 3 rings (SSSR count). The van der Waals surface area contributed by atoms with E-state index in [9.17, 15) is 22.4 Å². The van der Waals surface area contributed by atoms with Crippen LogP contribution in [0.15, 0.2) is 42.6 Å². The Labute approximate surface area is 173 Å². The average Bonchev–Trinajstić information content (AvgIpc) is 2.75. The number of ether oxygens (including phenoxy) is 2. The Hall–Kier alpha value is -3.00. The number of halogens is 4. The third-order valence-electron chi connectivity index (χ3n) is 3.37. The van der Waals surface area contributed by atoms with Crippen molar-refractivity contribution in [1.29, 1.82) is 0 Å². The Morgan fingerprint density at radius 3 is 2.07 bits per heavy atom. The quantitative estimate of drug-likeness (QED) is 0.370. The number of aromatic nitrogens is 1. The molecule has 1 aromatic heterocycles. The van der Waals surface area contributed by atoms with Crippen molar-refractivity contribution < 1.29 is 31.8 Å². The monoisotopic (exact) mass is 427 g/mol. The molecule has 4 nitrogen and oxygen atoms in total. The van der Waals surface area contributed by atoms with Crippen LogP contribution in [0.1, 0.15) is 24.2 Å². The predicted octanol–water partition coefficient (Wildman–Crippen LogP) is 6.17. The van der Waals surface area contributed by atoms with Gasteiger partial charge in [-0.05, 0) is 30.3 Å². The summed E-state index contributed by atoms with van der Waals surface area (Å²) in [6, 6.07) is 8.34. The van der Waals surface area contributed by atoms with Gasteiger partial charge < -0.3 is 9.47 Å². The molecule has 0 unspecified atom stereocenters. The van der Waals surface area contributed by atoms with Crippen molar-refractivity contribution in [1.82, 2.24) is 4.98 Å². The number of alkyl halides is 2. The van der Waals surface area contributed by atoms with Crippen LogP contribution < -0.4 is 4.74 Å². The number of pyridine rings is 1. The van der Waals surface area contributed by atoms with E-state index in [1.54, 1.807) is 32.4 Å². The third-order valence-corrected chi connectivity index (χ3v) is 3.37. The molecule has 0 N–H and O–H groups in total. The third kappa shape index (κ3) is 7.79. The molecule has 2 aromatic carbocycles. The summed E-state index contributed by atoms with van der Waals surface area (Å²) in [7, 11) is 4.74. The number of fused-ring (bicyclic) bond motifs is 1. The van der Waals surface area contributed by atoms with Crippen molar-refractivity contribution in [2.24, 2.45) is 0 Å². The molecule has 0 spiro atoms. The number of nitrogens with zero attached hydrogens (tertiary/aromatic N) is 1. The van der Waals surface area contributed by atoms with Crippen LogP contribution in [0.25, 0.3) is 22.0 Å². The molecule has 3 aromatic rings. The van der Waals surface area contributed by atoms with Crippen molar-refractivity contribution in [2.45, 2.75) is 13.8 Å². The second kappa shape index (κ2) is 14.9. The largest absolute Gasteiger partial charge is 0.497 e. The molecule has 0 saturated heterocycles. The van der Waals surface area contributed by atoms with Crippen molar-refractivity contribution in [2.75, 3.05) is 28.3 Å². The average molecular weight is 427 g/mol. The summed E-state index contributed by atoms with van der Waals surface area (Å²) in [6.45, 7) is 2.25. The normalized spacial score (nSPS) is 9.23. The maximum Gasteiger partial charge on any atom is 0.229 e. The maximum absolute atomic E-state index is 14.1. The smallest absolute Gasteiger partial charge is 0.229 e. The second-order valence-electron chi connectivity index (χ2n) is 5.27. The Balaban J connectivity index is 0.000000923. The van der Waals surface area contributed by atoms with Crippen LogP contribution in [0.3, 0.4) is 0 Å². The van der Waals surface area contributed by atoms with Gasteiger partial charge >= 0.3 is 0 Å². The first kappa shape index (κ1) is 27.0. The highest BCUT2D eigenvalue weighted by Gasteiger charge is 2.13. The van der Waals surface area contributed by atoms with Crippen LogP contribution in [0, 0.1) is 11.6 Å². The summed E-state index contributed by atoms with van der Waals surface area (Å²) >= 11 is 0. The Morgan fingerprint density at radius 1 is 0.967 bits per heavy atom. The van der Waals surface area contributed by atoms with Crippen LogP contribution in [0.2, 0.25) is 0 Å². The van der Waals surface area contributed by atoms with Crippen LogP contribution in [-0.2, 0) is 4.74 Å². The number of benzene rings is 2. The van der Waals surface area contributed by atoms with E-state index in [1.165, 1.54) is 25.4 Å². The van der Waals surface area contributed by atoms with Crippen molar-refractivity contribution >= 4 is 17.2 Å². The minimum absolute atomic E-state index is 0.219. The van der Waals surface area contributed by atoms with E-state index >= 15 is 0 Å². The van der Waals surface area contributed by atoms with Gasteiger partial charge in [0.15, 0.2) is 6.29 Å². The number of rotatable bonds is 3. The van der Waals surface area contributed by atoms with Crippen LogP contribution in [-0.4, -0.2) is 39.5 Å². The molecule has 0 fully saturated rings. The van der Waals surface area contributed by atoms with Gasteiger partial charge in [-0.15, -0.1) is 0 Å². The zero-order chi connectivity index (χ0) is 23.1. The predicted molar refractivity (Wildman–Crippen MR) is 110 cm³/mol. The zero-order valence-corrected chi connectivity index (χ0v) is 17.5. The molecule has 0 aliphatic carbocycles. The zero-order valence-electron chi connectivity index (χ0n) is 17.5. The summed E-state index contributed by atoms with van der Waals surface area (Å²) in [5, 5.41) is 0.641. The number of aldehydes is 1. The Bertz CT molecular complexity index is 918. The molecule has 0 aliphatic heterocycles. The van der Waals surface area contributed by atoms with E-state index in [1.807, 2.05) is 13.8 Å². The van der Waals surface area contributed by atoms with E-state index < -0.39 is 18.6 Å². The lowest BCUT2D eigenvalue weighted by Crippen LogP contribution is -1.93. The van der Waals surface area contributed by atoms with E-state index in [-0.39, 0.29) is 5.56 Å². The first-order chi connectivity index (χ1) is 14.4. The van der Waals surface area contributed by atoms with Crippen molar-refractivity contribution in [3.05, 3.63) is 59.8 Å². The highest BCUT2D eigenvalue weighted by atomic mass is 19.3. The molecule has 1 heterocycles. The molecule has 0 amide bonds. The SMILES string of the molecule is CC.COC.COc1cc(-c2ccc(F)cc2F)c2ncc(C=O)cc2c1.FCF. The van der Waals surface area contributed by atoms with E-state index in [0.717, 1.165) is 6.07 Å². The lowest BCUT2D eigenvalue weighted by Gasteiger charge is -2.10. The molecule has 0 bridgehead atoms. The van der Waals surface area contributed by atoms with E-state index in [0.29, 0.717) is 34.1 Å². The van der Waals surface area contributed by atoms with Crippen molar-refractivity contribution in [3.63, 3.8) is 0 Å². The fourth-order valence-electron chi connectivity index (χ4n) is 2.33. The first-order valence-corrected chi connectivity index (χ1v) is 8.86. The molecule has 8 heteroatoms. The molecule has 0 radical (unpaired) electrons. The summed E-state index contributed by atoms with van der Waals surface area (Å²) < 4.78 is 55.9. The summed E-state index contributed by atoms with van der Waals surface area (Å²) in [4.78, 5) is 15.1. The standard InChI is InChI=1S/C17H11F2NO2.C2H6O.C2H6.CH2F2/c1-22-13-5-11-4-10(9-21)8-20-17(11)15(7-13)14-3-2-12(18)6-16(14)19;1-3-2;1-2;2-1-3/h2-9H,1H3;1-2H3;1-2H3;1H2. The van der Waals surface area contributed by atoms with Crippen LogP contribution in [0.4, 0.5) is 17.6 Å². The second-order valence-corrected chi connectivity index (χ2v) is 5.27. The van der Waals surface area contributed by atoms with Gasteiger partial charge in [0.05, 0.1) is 12.6 Å². The minimum Gasteiger partial charge on any atom is -0.497 e. The highest BCUT2D eigenvalue weighted by Crippen LogP contribution is 2.33. The van der Waals surface area contributed by atoms with Crippen molar-refractivity contribution in [3.8, 4) is 16.9 Å². The van der Waals surface area contributed by atoms with E-state index in [4.69, 9.17) is 4.74 Å². The van der Waals surface area contributed by atoms with Gasteiger partial charge in [0.2, 0.25) is 6.93 Å². The number of hydrogen-bond acceptors (Lipinski definition) is 4. The molecule has 164 valence electrons. The van der Waals surface area contributed by atoms with Gasteiger partial charge in [0.1, 0.15) is 17.4 Å². The van der Waals surface area contributed by atoms with Gasteiger partial charge in [0, 0.05) is 48.6 Å². The van der Waals surface area contributed by atoms with Crippen LogP contribution >= 0.6 is 0 Å². The maximum atomic E-state index is 14.1. The molecular formula is C22H25F4NO3. The minimum atomic E-state index is -1.75. The summed E-state index contributed by atoms with van der Waals surface area (Å²) in [5.41, 5.74) is 1.61. The highest BCUT2D eigenvalue weighted by molar-refractivity contribution is 5.97. The number of hydrogen-bond donors (Lipinski definition) is 0. The van der Waals surface area contributed by atoms with Gasteiger partial charge in [-0.1, -0.05) is 13.8 Å². The molecule has 0 aliphatic rings. The molecule has 30 heavy (non-hydrogen) atoms. The number of carbonyl (C=O) groups excluding carboxylic acids is 1. The fourth-order valence-corrected chi connectivity index (χ4v) is 2.33. The summed E-state index contributed by atoms with van der Waals surface area (Å²) in [6.07, 6.45) is 2.09. The summed E-state index contributed by atoms with van der Waals surface area (Å²) in [5.74, 6) is -0.837. The number of carbonyl (C=O) groups is 1. The van der Waals surface area contributed by atoms with Gasteiger partial charge in [-0.3, -0.25) is 9.78 Å². The molecular weight excluding hydrogens is 402 g/mol.